The second-order valence-corrected chi connectivity index (χ2v) is 14.9. The maximum atomic E-state index is 13.8. The third-order valence-corrected chi connectivity index (χ3v) is 10.6. The molecule has 3 aromatic rings. The topological polar surface area (TPSA) is 123 Å². The molecule has 2 aliphatic heterocycles. The lowest BCUT2D eigenvalue weighted by Gasteiger charge is -2.44. The number of carbonyl (C=O) groups is 2. The zero-order valence-corrected chi connectivity index (χ0v) is 26.9. The molecular formula is C32H41N7O4S. The summed E-state index contributed by atoms with van der Waals surface area (Å²) in [5.41, 5.74) is 3.03. The number of esters is 1. The van der Waals surface area contributed by atoms with Crippen molar-refractivity contribution < 1.29 is 18.5 Å². The number of fused-ring (bicyclic) bond motifs is 2. The van der Waals surface area contributed by atoms with Crippen LogP contribution < -0.4 is 14.5 Å². The van der Waals surface area contributed by atoms with Gasteiger partial charge in [-0.1, -0.05) is 24.3 Å². The van der Waals surface area contributed by atoms with E-state index in [2.05, 4.69) is 37.9 Å². The summed E-state index contributed by atoms with van der Waals surface area (Å²) >= 11 is 0. The fraction of sp³-hybridized carbons (Fsp3) is 0.531. The van der Waals surface area contributed by atoms with E-state index in [1.807, 2.05) is 32.9 Å². The molecule has 1 unspecified atom stereocenters. The van der Waals surface area contributed by atoms with Crippen molar-refractivity contribution in [2.75, 3.05) is 36.0 Å². The van der Waals surface area contributed by atoms with Crippen LogP contribution in [0.25, 0.3) is 0 Å². The highest BCUT2D eigenvalue weighted by atomic mass is 32.2. The van der Waals surface area contributed by atoms with Gasteiger partial charge < -0.3 is 9.64 Å². The van der Waals surface area contributed by atoms with Crippen molar-refractivity contribution in [3.8, 4) is 0 Å². The van der Waals surface area contributed by atoms with Crippen LogP contribution >= 0.6 is 0 Å². The fourth-order valence-electron chi connectivity index (χ4n) is 6.71. The monoisotopic (exact) mass is 619 g/mol. The first-order chi connectivity index (χ1) is 21.0. The van der Waals surface area contributed by atoms with Gasteiger partial charge in [0, 0.05) is 32.2 Å². The molecular weight excluding hydrogens is 578 g/mol. The molecule has 2 atom stereocenters. The van der Waals surface area contributed by atoms with Gasteiger partial charge in [-0.15, -0.1) is 0 Å². The van der Waals surface area contributed by atoms with Crippen LogP contribution in [0, 0.1) is 12.3 Å². The molecule has 0 bridgehead atoms. The molecule has 4 heterocycles. The van der Waals surface area contributed by atoms with Gasteiger partial charge in [0.1, 0.15) is 5.82 Å². The van der Waals surface area contributed by atoms with E-state index in [0.29, 0.717) is 37.0 Å². The maximum absolute atomic E-state index is 13.8. The molecule has 3 aliphatic rings. The van der Waals surface area contributed by atoms with Gasteiger partial charge in [0.15, 0.2) is 17.2 Å². The summed E-state index contributed by atoms with van der Waals surface area (Å²) in [6.45, 7) is 12.2. The van der Waals surface area contributed by atoms with Crippen LogP contribution in [0.15, 0.2) is 36.5 Å². The zero-order chi connectivity index (χ0) is 31.2. The number of rotatable bonds is 6. The summed E-state index contributed by atoms with van der Waals surface area (Å²) in [4.78, 5) is 40.2. The lowest BCUT2D eigenvalue weighted by molar-refractivity contribution is 0.0519. The Labute approximate surface area is 261 Å². The minimum atomic E-state index is -1.23. The largest absolute Gasteiger partial charge is 0.461 e. The summed E-state index contributed by atoms with van der Waals surface area (Å²) in [5, 5.41) is 4.31. The van der Waals surface area contributed by atoms with Crippen molar-refractivity contribution >= 4 is 34.5 Å². The molecule has 1 fully saturated rings. The zero-order valence-electron chi connectivity index (χ0n) is 26.1. The van der Waals surface area contributed by atoms with Gasteiger partial charge in [0.2, 0.25) is 0 Å². The van der Waals surface area contributed by atoms with E-state index in [9.17, 15) is 13.8 Å². The Hall–Kier alpha value is -3.64. The van der Waals surface area contributed by atoms with E-state index >= 15 is 0 Å². The van der Waals surface area contributed by atoms with Gasteiger partial charge >= 0.3 is 5.97 Å². The number of benzene rings is 1. The lowest BCUT2D eigenvalue weighted by atomic mass is 9.73. The highest BCUT2D eigenvalue weighted by molar-refractivity contribution is 7.84. The van der Waals surface area contributed by atoms with Gasteiger partial charge in [0.05, 0.1) is 40.3 Å². The first-order valence-corrected chi connectivity index (χ1v) is 16.6. The van der Waals surface area contributed by atoms with Crippen LogP contribution in [0.5, 0.6) is 0 Å². The van der Waals surface area contributed by atoms with Gasteiger partial charge in [-0.25, -0.2) is 28.4 Å². The molecule has 0 saturated carbocycles. The molecule has 1 aliphatic carbocycles. The quantitative estimate of drug-likeness (QED) is 0.409. The number of ether oxygens (including phenoxy) is 1. The SMILES string of the molecule is CCOC(=O)c1nc(C(=O)N2CCCn3nccc32)c(C)nc1N1CCC2(CC1)Cc1ccccc1C2N[S@](=O)C(C)(C)C. The molecule has 44 heavy (non-hydrogen) atoms. The Bertz CT molecular complexity index is 1610. The molecule has 1 saturated heterocycles. The van der Waals surface area contributed by atoms with E-state index < -0.39 is 21.7 Å². The molecule has 12 heteroatoms. The number of aromatic nitrogens is 4. The molecule has 1 amide bonds. The van der Waals surface area contributed by atoms with E-state index in [4.69, 9.17) is 9.72 Å². The molecule has 1 N–H and O–H groups in total. The number of carbonyl (C=O) groups excluding carboxylic acids is 2. The number of nitrogens with one attached hydrogen (secondary N) is 1. The average Bonchev–Trinajstić information content (AvgIpc) is 3.59. The summed E-state index contributed by atoms with van der Waals surface area (Å²) in [7, 11) is -1.23. The van der Waals surface area contributed by atoms with E-state index in [1.165, 1.54) is 11.1 Å². The number of amides is 1. The Kier molecular flexibility index (Phi) is 8.08. The first kappa shape index (κ1) is 30.4. The summed E-state index contributed by atoms with van der Waals surface area (Å²) in [6.07, 6.45) is 4.96. The molecule has 1 spiro atoms. The van der Waals surface area contributed by atoms with Crippen LogP contribution in [0.2, 0.25) is 0 Å². The van der Waals surface area contributed by atoms with Crippen molar-refractivity contribution in [1.82, 2.24) is 24.5 Å². The van der Waals surface area contributed by atoms with Gasteiger partial charge in [-0.05, 0) is 76.8 Å². The first-order valence-electron chi connectivity index (χ1n) is 15.4. The summed E-state index contributed by atoms with van der Waals surface area (Å²) in [5.74, 6) is 0.241. The third kappa shape index (κ3) is 5.42. The van der Waals surface area contributed by atoms with E-state index in [0.717, 1.165) is 32.2 Å². The Morgan fingerprint density at radius 2 is 1.82 bits per heavy atom. The number of anilines is 2. The summed E-state index contributed by atoms with van der Waals surface area (Å²) < 4.78 is 23.6. The number of piperidine rings is 1. The van der Waals surface area contributed by atoms with Crippen molar-refractivity contribution in [3.05, 3.63) is 64.7 Å². The normalized spacial score (nSPS) is 19.9. The van der Waals surface area contributed by atoms with Gasteiger partial charge in [0.25, 0.3) is 5.91 Å². The van der Waals surface area contributed by atoms with Crippen LogP contribution in [0.4, 0.5) is 11.6 Å². The third-order valence-electron chi connectivity index (χ3n) is 9.05. The predicted molar refractivity (Wildman–Crippen MR) is 169 cm³/mol. The number of aryl methyl sites for hydroxylation is 2. The highest BCUT2D eigenvalue weighted by Gasteiger charge is 2.49. The van der Waals surface area contributed by atoms with Crippen LogP contribution in [-0.2, 0) is 28.7 Å². The molecule has 0 radical (unpaired) electrons. The van der Waals surface area contributed by atoms with Crippen LogP contribution in [-0.4, -0.2) is 66.8 Å². The predicted octanol–water partition coefficient (Wildman–Crippen LogP) is 4.14. The molecule has 11 nitrogen and oxygen atoms in total. The van der Waals surface area contributed by atoms with Crippen molar-refractivity contribution in [2.45, 2.75) is 77.6 Å². The Morgan fingerprint density at radius 1 is 1.07 bits per heavy atom. The molecule has 2 aromatic heterocycles. The molecule has 234 valence electrons. The number of hydrogen-bond acceptors (Lipinski definition) is 8. The smallest absolute Gasteiger partial charge is 0.360 e. The fourth-order valence-corrected chi connectivity index (χ4v) is 7.65. The van der Waals surface area contributed by atoms with E-state index in [1.54, 1.807) is 29.6 Å². The van der Waals surface area contributed by atoms with Crippen LogP contribution in [0.3, 0.4) is 0 Å². The second-order valence-electron chi connectivity index (χ2n) is 12.9. The van der Waals surface area contributed by atoms with Crippen molar-refractivity contribution in [2.24, 2.45) is 5.41 Å². The molecule has 1 aromatic carbocycles. The summed E-state index contributed by atoms with van der Waals surface area (Å²) in [6, 6.07) is 10.2. The van der Waals surface area contributed by atoms with Crippen LogP contribution in [0.1, 0.15) is 90.8 Å². The standard InChI is InChI=1S/C32H41N7O4S/c1-6-43-30(41)26-28(34-21(2)25(35-26)29(40)38-16-9-17-39-24(38)12-15-33-39)37-18-13-32(14-19-37)20-22-10-7-8-11-23(22)27(32)36-44(42)31(3,4)5/h7-8,10-12,15,27,36H,6,9,13-14,16-20H2,1-5H3/t27?,44-/m1/s1. The Morgan fingerprint density at radius 3 is 2.55 bits per heavy atom. The van der Waals surface area contributed by atoms with Crippen molar-refractivity contribution in [1.29, 1.82) is 0 Å². The highest BCUT2D eigenvalue weighted by Crippen LogP contribution is 2.52. The van der Waals surface area contributed by atoms with E-state index in [-0.39, 0.29) is 35.4 Å². The second kappa shape index (κ2) is 11.7. The number of nitrogens with zero attached hydrogens (tertiary/aromatic N) is 6. The minimum Gasteiger partial charge on any atom is -0.461 e. The van der Waals surface area contributed by atoms with Gasteiger partial charge in [-0.2, -0.15) is 5.10 Å². The maximum Gasteiger partial charge on any atom is 0.360 e. The Balaban J connectivity index is 1.29. The average molecular weight is 620 g/mol. The minimum absolute atomic E-state index is 0.0452. The lowest BCUT2D eigenvalue weighted by Crippen LogP contribution is -2.48. The molecule has 6 rings (SSSR count). The number of hydrogen-bond donors (Lipinski definition) is 1. The van der Waals surface area contributed by atoms with Crippen molar-refractivity contribution in [3.63, 3.8) is 0 Å². The van der Waals surface area contributed by atoms with Gasteiger partial charge in [-0.3, -0.25) is 9.69 Å².